The summed E-state index contributed by atoms with van der Waals surface area (Å²) in [6.07, 6.45) is -1.54. The lowest BCUT2D eigenvalue weighted by Gasteiger charge is -2.18. The number of nitro groups is 1. The Hall–Kier alpha value is -2.46. The molecule has 7 nitrogen and oxygen atoms in total. The van der Waals surface area contributed by atoms with E-state index in [4.69, 9.17) is 0 Å². The van der Waals surface area contributed by atoms with E-state index in [0.717, 1.165) is 23.2 Å². The Bertz CT molecular complexity index is 820. The first-order chi connectivity index (χ1) is 13.2. The molecule has 1 aliphatic heterocycles. The van der Waals surface area contributed by atoms with E-state index in [1.54, 1.807) is 23.9 Å². The minimum Gasteiger partial charge on any atom is -0.312 e. The molecule has 0 saturated carbocycles. The van der Waals surface area contributed by atoms with Crippen LogP contribution < -0.4 is 5.32 Å². The van der Waals surface area contributed by atoms with Gasteiger partial charge in [-0.05, 0) is 37.6 Å². The predicted molar refractivity (Wildman–Crippen MR) is 97.6 cm³/mol. The topological polar surface area (TPSA) is 76.2 Å². The molecule has 1 N–H and O–H groups in total. The van der Waals surface area contributed by atoms with Crippen molar-refractivity contribution in [1.29, 1.82) is 0 Å². The zero-order valence-electron chi connectivity index (χ0n) is 15.4. The van der Waals surface area contributed by atoms with Gasteiger partial charge in [0.15, 0.2) is 0 Å². The summed E-state index contributed by atoms with van der Waals surface area (Å²) in [6, 6.07) is 6.20. The van der Waals surface area contributed by atoms with Gasteiger partial charge in [0.05, 0.1) is 17.2 Å². The van der Waals surface area contributed by atoms with Crippen LogP contribution in [0.2, 0.25) is 0 Å². The lowest BCUT2D eigenvalue weighted by molar-refractivity contribution is -0.384. The highest BCUT2D eigenvalue weighted by atomic mass is 19.4. The third kappa shape index (κ3) is 5.29. The zero-order chi connectivity index (χ0) is 20.3. The Morgan fingerprint density at radius 2 is 2.04 bits per heavy atom. The van der Waals surface area contributed by atoms with Crippen LogP contribution in [0.15, 0.2) is 30.5 Å². The standard InChI is InChI=1S/C18H22F3N5O2/c1-24-11-15(17(23-24)14-2-4-16(5-3-14)26(27)28)9-22-8-13-6-7-25(10-13)12-18(19,20)21/h2-5,11,13,22H,6-10,12H2,1H3. The molecule has 1 aromatic carbocycles. The van der Waals surface area contributed by atoms with Crippen molar-refractivity contribution < 1.29 is 18.1 Å². The van der Waals surface area contributed by atoms with Crippen LogP contribution in [0.3, 0.4) is 0 Å². The molecular weight excluding hydrogens is 375 g/mol. The molecule has 1 aromatic heterocycles. The molecule has 1 unspecified atom stereocenters. The van der Waals surface area contributed by atoms with E-state index in [9.17, 15) is 23.3 Å². The van der Waals surface area contributed by atoms with Crippen LogP contribution in [0.25, 0.3) is 11.3 Å². The highest BCUT2D eigenvalue weighted by molar-refractivity contribution is 5.64. The summed E-state index contributed by atoms with van der Waals surface area (Å²) in [5.74, 6) is 0.182. The number of rotatable bonds is 7. The number of aryl methyl sites for hydroxylation is 1. The molecular formula is C18H22F3N5O2. The largest absolute Gasteiger partial charge is 0.401 e. The second kappa shape index (κ2) is 8.27. The van der Waals surface area contributed by atoms with Crippen molar-refractivity contribution in [3.05, 3.63) is 46.1 Å². The summed E-state index contributed by atoms with van der Waals surface area (Å²) in [5, 5.41) is 18.5. The molecule has 10 heteroatoms. The number of nitrogens with one attached hydrogen (secondary N) is 1. The maximum absolute atomic E-state index is 12.5. The highest BCUT2D eigenvalue weighted by Crippen LogP contribution is 2.25. The van der Waals surface area contributed by atoms with Crippen molar-refractivity contribution in [2.24, 2.45) is 13.0 Å². The van der Waals surface area contributed by atoms with Crippen LogP contribution in [-0.2, 0) is 13.6 Å². The number of nitrogens with zero attached hydrogens (tertiary/aromatic N) is 4. The average Bonchev–Trinajstić information content (AvgIpc) is 3.20. The monoisotopic (exact) mass is 397 g/mol. The van der Waals surface area contributed by atoms with Gasteiger partial charge in [-0.25, -0.2) is 0 Å². The minimum atomic E-state index is -4.16. The fourth-order valence-electron chi connectivity index (χ4n) is 3.54. The van der Waals surface area contributed by atoms with Gasteiger partial charge >= 0.3 is 6.18 Å². The van der Waals surface area contributed by atoms with Gasteiger partial charge in [0, 0.05) is 49.6 Å². The predicted octanol–water partition coefficient (Wildman–Crippen LogP) is 2.97. The van der Waals surface area contributed by atoms with Crippen molar-refractivity contribution in [2.75, 3.05) is 26.2 Å². The van der Waals surface area contributed by atoms with Crippen molar-refractivity contribution in [2.45, 2.75) is 19.1 Å². The molecule has 1 fully saturated rings. The summed E-state index contributed by atoms with van der Waals surface area (Å²) in [7, 11) is 1.80. The molecule has 3 rings (SSSR count). The Morgan fingerprint density at radius 1 is 1.32 bits per heavy atom. The van der Waals surface area contributed by atoms with E-state index in [-0.39, 0.29) is 11.6 Å². The van der Waals surface area contributed by atoms with E-state index < -0.39 is 17.6 Å². The summed E-state index contributed by atoms with van der Waals surface area (Å²) in [5.41, 5.74) is 2.46. The third-order valence-corrected chi connectivity index (χ3v) is 4.78. The second-order valence-electron chi connectivity index (χ2n) is 7.12. The lowest BCUT2D eigenvalue weighted by Crippen LogP contribution is -2.33. The maximum atomic E-state index is 12.5. The molecule has 1 aliphatic rings. The number of alkyl halides is 3. The Kier molecular flexibility index (Phi) is 5.99. The van der Waals surface area contributed by atoms with E-state index in [1.165, 1.54) is 17.0 Å². The molecule has 0 radical (unpaired) electrons. The highest BCUT2D eigenvalue weighted by Gasteiger charge is 2.34. The first-order valence-corrected chi connectivity index (χ1v) is 8.98. The fourth-order valence-corrected chi connectivity index (χ4v) is 3.54. The smallest absolute Gasteiger partial charge is 0.312 e. The molecule has 1 saturated heterocycles. The molecule has 28 heavy (non-hydrogen) atoms. The SMILES string of the molecule is Cn1cc(CNCC2CCN(CC(F)(F)F)C2)c(-c2ccc([N+](=O)[O-])cc2)n1. The van der Waals surface area contributed by atoms with Gasteiger partial charge in [-0.15, -0.1) is 0 Å². The first kappa shape index (κ1) is 20.3. The molecule has 2 aromatic rings. The van der Waals surface area contributed by atoms with Gasteiger partial charge in [-0.3, -0.25) is 19.7 Å². The summed E-state index contributed by atoms with van der Waals surface area (Å²) in [4.78, 5) is 11.8. The van der Waals surface area contributed by atoms with Crippen molar-refractivity contribution >= 4 is 5.69 Å². The maximum Gasteiger partial charge on any atom is 0.401 e. The van der Waals surface area contributed by atoms with Crippen LogP contribution in [0.1, 0.15) is 12.0 Å². The Labute approximate surface area is 160 Å². The van der Waals surface area contributed by atoms with Crippen LogP contribution in [0.4, 0.5) is 18.9 Å². The van der Waals surface area contributed by atoms with Crippen LogP contribution in [0.5, 0.6) is 0 Å². The van der Waals surface area contributed by atoms with E-state index in [0.29, 0.717) is 26.2 Å². The normalized spacial score (nSPS) is 17.9. The molecule has 0 spiro atoms. The number of non-ortho nitro benzene ring substituents is 1. The fraction of sp³-hybridized carbons (Fsp3) is 0.500. The molecule has 152 valence electrons. The first-order valence-electron chi connectivity index (χ1n) is 8.98. The molecule has 2 heterocycles. The van der Waals surface area contributed by atoms with E-state index in [2.05, 4.69) is 10.4 Å². The van der Waals surface area contributed by atoms with Crippen molar-refractivity contribution in [3.8, 4) is 11.3 Å². The third-order valence-electron chi connectivity index (χ3n) is 4.78. The molecule has 0 bridgehead atoms. The lowest BCUT2D eigenvalue weighted by atomic mass is 10.1. The minimum absolute atomic E-state index is 0.0176. The summed E-state index contributed by atoms with van der Waals surface area (Å²) >= 11 is 0. The number of likely N-dealkylation sites (tertiary alicyclic amines) is 1. The Balaban J connectivity index is 1.56. The zero-order valence-corrected chi connectivity index (χ0v) is 15.4. The summed E-state index contributed by atoms with van der Waals surface area (Å²) in [6.45, 7) is 1.21. The number of hydrogen-bond acceptors (Lipinski definition) is 5. The van der Waals surface area contributed by atoms with Gasteiger partial charge in [0.2, 0.25) is 0 Å². The van der Waals surface area contributed by atoms with Gasteiger partial charge < -0.3 is 5.32 Å². The van der Waals surface area contributed by atoms with Gasteiger partial charge in [-0.2, -0.15) is 18.3 Å². The number of benzene rings is 1. The molecule has 0 amide bonds. The van der Waals surface area contributed by atoms with Crippen molar-refractivity contribution in [1.82, 2.24) is 20.0 Å². The van der Waals surface area contributed by atoms with Crippen LogP contribution in [0, 0.1) is 16.0 Å². The van der Waals surface area contributed by atoms with Gasteiger partial charge in [0.1, 0.15) is 0 Å². The van der Waals surface area contributed by atoms with E-state index >= 15 is 0 Å². The van der Waals surface area contributed by atoms with Gasteiger partial charge in [0.25, 0.3) is 5.69 Å². The average molecular weight is 397 g/mol. The van der Waals surface area contributed by atoms with Crippen LogP contribution in [-0.4, -0.2) is 52.0 Å². The van der Waals surface area contributed by atoms with Crippen molar-refractivity contribution in [3.63, 3.8) is 0 Å². The quantitative estimate of drug-likeness (QED) is 0.574. The molecule has 1 atom stereocenters. The molecule has 0 aliphatic carbocycles. The van der Waals surface area contributed by atoms with Crippen LogP contribution >= 0.6 is 0 Å². The Morgan fingerprint density at radius 3 is 2.68 bits per heavy atom. The second-order valence-corrected chi connectivity index (χ2v) is 7.12. The summed E-state index contributed by atoms with van der Waals surface area (Å²) < 4.78 is 39.1. The number of halogens is 3. The van der Waals surface area contributed by atoms with Gasteiger partial charge in [-0.1, -0.05) is 0 Å². The van der Waals surface area contributed by atoms with E-state index in [1.807, 2.05) is 6.20 Å². The number of nitro benzene ring substituents is 1. The number of hydrogen-bond donors (Lipinski definition) is 1. The number of aromatic nitrogens is 2.